The first-order chi connectivity index (χ1) is 15.8. The molecule has 1 aliphatic heterocycles. The molecule has 0 saturated carbocycles. The van der Waals surface area contributed by atoms with Crippen LogP contribution >= 0.6 is 0 Å². The summed E-state index contributed by atoms with van der Waals surface area (Å²) in [7, 11) is -3.50. The number of sulfonamides is 1. The largest absolute Gasteiger partial charge is 0.339 e. The van der Waals surface area contributed by atoms with Crippen LogP contribution < -0.4 is 5.32 Å². The molecule has 4 rings (SSSR count). The normalized spacial score (nSPS) is 15.5. The second-order valence-electron chi connectivity index (χ2n) is 8.54. The summed E-state index contributed by atoms with van der Waals surface area (Å²) in [5.41, 5.74) is 2.52. The van der Waals surface area contributed by atoms with Crippen LogP contribution in [0.2, 0.25) is 0 Å². The molecule has 1 N–H and O–H groups in total. The molecule has 1 amide bonds. The number of aryl methyl sites for hydroxylation is 2. The van der Waals surface area contributed by atoms with Gasteiger partial charge in [0.25, 0.3) is 0 Å². The summed E-state index contributed by atoms with van der Waals surface area (Å²) in [6.45, 7) is 5.24. The standard InChI is InChI=1S/C24H28N4O4S/c1-17-3-7-20(8-4-17)25-22(29)11-12-23-26-24(27-32-23)19-5-9-21(10-6-19)33(30,31)28-15-13-18(2)14-16-28/h3-10,18H,11-16H2,1-2H3,(H,25,29). The molecule has 0 aliphatic carbocycles. The van der Waals surface area contributed by atoms with Gasteiger partial charge in [0.05, 0.1) is 4.90 Å². The Morgan fingerprint density at radius 3 is 2.42 bits per heavy atom. The Morgan fingerprint density at radius 1 is 1.09 bits per heavy atom. The molecule has 0 unspecified atom stereocenters. The third kappa shape index (κ3) is 5.66. The minimum absolute atomic E-state index is 0.139. The van der Waals surface area contributed by atoms with Gasteiger partial charge in [-0.3, -0.25) is 4.79 Å². The number of hydrogen-bond donors (Lipinski definition) is 1. The van der Waals surface area contributed by atoms with E-state index in [2.05, 4.69) is 22.4 Å². The Balaban J connectivity index is 1.35. The number of rotatable bonds is 7. The molecular weight excluding hydrogens is 440 g/mol. The molecule has 2 aromatic carbocycles. The highest BCUT2D eigenvalue weighted by atomic mass is 32.2. The van der Waals surface area contributed by atoms with Crippen LogP contribution in [0.1, 0.15) is 37.6 Å². The maximum absolute atomic E-state index is 12.9. The molecule has 0 bridgehead atoms. The van der Waals surface area contributed by atoms with Gasteiger partial charge in [0.1, 0.15) is 0 Å². The SMILES string of the molecule is Cc1ccc(NC(=O)CCc2nc(-c3ccc(S(=O)(=O)N4CCC(C)CC4)cc3)no2)cc1. The van der Waals surface area contributed by atoms with Crippen molar-refractivity contribution in [2.24, 2.45) is 5.92 Å². The van der Waals surface area contributed by atoms with Gasteiger partial charge < -0.3 is 9.84 Å². The molecule has 33 heavy (non-hydrogen) atoms. The van der Waals surface area contributed by atoms with Crippen LogP contribution in [0.3, 0.4) is 0 Å². The molecule has 0 atom stereocenters. The van der Waals surface area contributed by atoms with Crippen LogP contribution in [-0.4, -0.2) is 41.9 Å². The van der Waals surface area contributed by atoms with Gasteiger partial charge in [-0.2, -0.15) is 9.29 Å². The average molecular weight is 469 g/mol. The molecule has 1 aromatic heterocycles. The number of nitrogens with one attached hydrogen (secondary N) is 1. The number of hydrogen-bond acceptors (Lipinski definition) is 6. The molecule has 2 heterocycles. The molecular formula is C24H28N4O4S. The molecule has 1 saturated heterocycles. The number of aromatic nitrogens is 2. The van der Waals surface area contributed by atoms with E-state index in [0.717, 1.165) is 24.1 Å². The summed E-state index contributed by atoms with van der Waals surface area (Å²) in [5.74, 6) is 1.13. The predicted molar refractivity (Wildman–Crippen MR) is 125 cm³/mol. The third-order valence-corrected chi connectivity index (χ3v) is 7.78. The van der Waals surface area contributed by atoms with E-state index in [1.807, 2.05) is 31.2 Å². The molecule has 3 aromatic rings. The van der Waals surface area contributed by atoms with Gasteiger partial charge in [-0.15, -0.1) is 0 Å². The summed E-state index contributed by atoms with van der Waals surface area (Å²) >= 11 is 0. The van der Waals surface area contributed by atoms with Crippen molar-refractivity contribution in [3.8, 4) is 11.4 Å². The minimum atomic E-state index is -3.50. The van der Waals surface area contributed by atoms with Crippen molar-refractivity contribution >= 4 is 21.6 Å². The fourth-order valence-corrected chi connectivity index (χ4v) is 5.17. The van der Waals surface area contributed by atoms with Crippen molar-refractivity contribution in [3.63, 3.8) is 0 Å². The van der Waals surface area contributed by atoms with Gasteiger partial charge >= 0.3 is 0 Å². The van der Waals surface area contributed by atoms with E-state index < -0.39 is 10.0 Å². The first-order valence-corrected chi connectivity index (χ1v) is 12.5. The van der Waals surface area contributed by atoms with Crippen molar-refractivity contribution < 1.29 is 17.7 Å². The number of nitrogens with zero attached hydrogens (tertiary/aromatic N) is 3. The van der Waals surface area contributed by atoms with Crippen LogP contribution in [0.15, 0.2) is 57.9 Å². The van der Waals surface area contributed by atoms with Crippen LogP contribution in [0.5, 0.6) is 0 Å². The van der Waals surface area contributed by atoms with Crippen molar-refractivity contribution in [2.45, 2.75) is 44.4 Å². The molecule has 1 fully saturated rings. The lowest BCUT2D eigenvalue weighted by Gasteiger charge is -2.29. The lowest BCUT2D eigenvalue weighted by atomic mass is 10.0. The monoisotopic (exact) mass is 468 g/mol. The van der Waals surface area contributed by atoms with Gasteiger partial charge in [0.2, 0.25) is 27.6 Å². The highest BCUT2D eigenvalue weighted by Gasteiger charge is 2.28. The van der Waals surface area contributed by atoms with E-state index in [0.29, 0.717) is 42.7 Å². The van der Waals surface area contributed by atoms with Crippen LogP contribution in [0.4, 0.5) is 5.69 Å². The van der Waals surface area contributed by atoms with Crippen molar-refractivity contribution in [3.05, 3.63) is 60.0 Å². The molecule has 174 valence electrons. The van der Waals surface area contributed by atoms with Crippen LogP contribution in [-0.2, 0) is 21.2 Å². The molecule has 9 heteroatoms. The highest BCUT2D eigenvalue weighted by Crippen LogP contribution is 2.25. The zero-order valence-corrected chi connectivity index (χ0v) is 19.6. The fraction of sp³-hybridized carbons (Fsp3) is 0.375. The Bertz CT molecular complexity index is 1200. The zero-order chi connectivity index (χ0) is 23.4. The summed E-state index contributed by atoms with van der Waals surface area (Å²) in [4.78, 5) is 16.8. The minimum Gasteiger partial charge on any atom is -0.339 e. The Labute approximate surface area is 194 Å². The van der Waals surface area contributed by atoms with Crippen molar-refractivity contribution in [1.82, 2.24) is 14.4 Å². The molecule has 0 spiro atoms. The number of amides is 1. The first-order valence-electron chi connectivity index (χ1n) is 11.1. The number of benzene rings is 2. The quantitative estimate of drug-likeness (QED) is 0.561. The Morgan fingerprint density at radius 2 is 1.76 bits per heavy atom. The topological polar surface area (TPSA) is 105 Å². The molecule has 8 nitrogen and oxygen atoms in total. The van der Waals surface area contributed by atoms with Crippen molar-refractivity contribution in [1.29, 1.82) is 0 Å². The summed E-state index contributed by atoms with van der Waals surface area (Å²) in [6, 6.07) is 14.1. The summed E-state index contributed by atoms with van der Waals surface area (Å²) in [5, 5.41) is 6.81. The van der Waals surface area contributed by atoms with Crippen LogP contribution in [0.25, 0.3) is 11.4 Å². The van der Waals surface area contributed by atoms with Gasteiger partial charge in [-0.25, -0.2) is 8.42 Å². The molecule has 0 radical (unpaired) electrons. The number of carbonyl (C=O) groups is 1. The lowest BCUT2D eigenvalue weighted by molar-refractivity contribution is -0.116. The number of anilines is 1. The summed E-state index contributed by atoms with van der Waals surface area (Å²) < 4.78 is 32.6. The summed E-state index contributed by atoms with van der Waals surface area (Å²) in [6.07, 6.45) is 2.28. The smallest absolute Gasteiger partial charge is 0.243 e. The Kier molecular flexibility index (Phi) is 6.90. The maximum Gasteiger partial charge on any atom is 0.243 e. The second-order valence-corrected chi connectivity index (χ2v) is 10.5. The highest BCUT2D eigenvalue weighted by molar-refractivity contribution is 7.89. The lowest BCUT2D eigenvalue weighted by Crippen LogP contribution is -2.37. The second kappa shape index (κ2) is 9.84. The first kappa shape index (κ1) is 23.1. The van der Waals surface area contributed by atoms with E-state index in [1.54, 1.807) is 28.6 Å². The number of piperidine rings is 1. The Hall–Kier alpha value is -3.04. The van der Waals surface area contributed by atoms with E-state index in [-0.39, 0.29) is 17.2 Å². The van der Waals surface area contributed by atoms with E-state index in [1.165, 1.54) is 0 Å². The van der Waals surface area contributed by atoms with E-state index >= 15 is 0 Å². The van der Waals surface area contributed by atoms with E-state index in [4.69, 9.17) is 4.52 Å². The molecule has 1 aliphatic rings. The van der Waals surface area contributed by atoms with Gasteiger partial charge in [0, 0.05) is 37.2 Å². The van der Waals surface area contributed by atoms with Gasteiger partial charge in [-0.1, -0.05) is 29.8 Å². The van der Waals surface area contributed by atoms with Gasteiger partial charge in [0.15, 0.2) is 0 Å². The van der Waals surface area contributed by atoms with Crippen LogP contribution in [0, 0.1) is 12.8 Å². The average Bonchev–Trinajstić information content (AvgIpc) is 3.29. The third-order valence-electron chi connectivity index (χ3n) is 5.86. The fourth-order valence-electron chi connectivity index (χ4n) is 3.70. The number of carbonyl (C=O) groups excluding carboxylic acids is 1. The van der Waals surface area contributed by atoms with Gasteiger partial charge in [-0.05, 0) is 62.1 Å². The predicted octanol–water partition coefficient (Wildman–Crippen LogP) is 4.04. The van der Waals surface area contributed by atoms with E-state index in [9.17, 15) is 13.2 Å². The van der Waals surface area contributed by atoms with Crippen molar-refractivity contribution in [2.75, 3.05) is 18.4 Å². The maximum atomic E-state index is 12.9. The zero-order valence-electron chi connectivity index (χ0n) is 18.8.